The molecule has 0 aliphatic heterocycles. The van der Waals surface area contributed by atoms with Crippen molar-refractivity contribution < 1.29 is 0 Å². The highest BCUT2D eigenvalue weighted by atomic mass is 14.7. The van der Waals surface area contributed by atoms with Crippen LogP contribution in [0, 0.1) is 5.92 Å². The zero-order valence-electron chi connectivity index (χ0n) is 12.6. The Morgan fingerprint density at radius 3 is 2.22 bits per heavy atom. The van der Waals surface area contributed by atoms with E-state index >= 15 is 0 Å². The lowest BCUT2D eigenvalue weighted by molar-refractivity contribution is 0.232. The Hall–Kier alpha value is -0.300. The molecule has 106 valence electrons. The van der Waals surface area contributed by atoms with Crippen molar-refractivity contribution in [2.24, 2.45) is 11.7 Å². The summed E-state index contributed by atoms with van der Waals surface area (Å²) >= 11 is 0. The van der Waals surface area contributed by atoms with Crippen LogP contribution in [0.1, 0.15) is 84.5 Å². The second-order valence-electron chi connectivity index (χ2n) is 6.04. The van der Waals surface area contributed by atoms with Gasteiger partial charge in [-0.2, -0.15) is 0 Å². The van der Waals surface area contributed by atoms with Crippen LogP contribution in [0.2, 0.25) is 0 Å². The minimum absolute atomic E-state index is 0.0639. The number of nitrogens with two attached hydrogens (primary N) is 1. The third-order valence-corrected chi connectivity index (χ3v) is 4.89. The van der Waals surface area contributed by atoms with Gasteiger partial charge in [-0.15, -0.1) is 0 Å². The van der Waals surface area contributed by atoms with Gasteiger partial charge in [0.2, 0.25) is 0 Å². The Kier molecular flexibility index (Phi) is 7.65. The van der Waals surface area contributed by atoms with Crippen LogP contribution in [0.15, 0.2) is 12.2 Å². The Balaban J connectivity index is 2.60. The van der Waals surface area contributed by atoms with E-state index in [2.05, 4.69) is 26.0 Å². The molecule has 1 rings (SSSR count). The van der Waals surface area contributed by atoms with E-state index in [0.717, 1.165) is 12.8 Å². The molecule has 18 heavy (non-hydrogen) atoms. The monoisotopic (exact) mass is 251 g/mol. The minimum Gasteiger partial charge on any atom is -0.325 e. The fraction of sp³-hybridized carbons (Fsp3) is 0.882. The van der Waals surface area contributed by atoms with Crippen molar-refractivity contribution in [3.05, 3.63) is 12.2 Å². The predicted octanol–water partition coefficient (Wildman–Crippen LogP) is 5.20. The summed E-state index contributed by atoms with van der Waals surface area (Å²) < 4.78 is 0. The Morgan fingerprint density at radius 2 is 1.56 bits per heavy atom. The highest BCUT2D eigenvalue weighted by Gasteiger charge is 2.29. The summed E-state index contributed by atoms with van der Waals surface area (Å²) in [4.78, 5) is 0. The Morgan fingerprint density at radius 1 is 0.944 bits per heavy atom. The summed E-state index contributed by atoms with van der Waals surface area (Å²) in [6.45, 7) is 4.51. The van der Waals surface area contributed by atoms with Crippen molar-refractivity contribution >= 4 is 0 Å². The van der Waals surface area contributed by atoms with E-state index in [1.807, 2.05) is 0 Å². The fourth-order valence-corrected chi connectivity index (χ4v) is 3.21. The van der Waals surface area contributed by atoms with Gasteiger partial charge in [0, 0.05) is 5.54 Å². The Labute approximate surface area is 114 Å². The summed E-state index contributed by atoms with van der Waals surface area (Å²) in [6, 6.07) is 0. The lowest BCUT2D eigenvalue weighted by Gasteiger charge is -2.36. The maximum Gasteiger partial charge on any atom is 0.0180 e. The van der Waals surface area contributed by atoms with Crippen LogP contribution < -0.4 is 5.73 Å². The lowest BCUT2D eigenvalue weighted by Crippen LogP contribution is -2.46. The number of hydrogen-bond acceptors (Lipinski definition) is 1. The maximum absolute atomic E-state index is 6.62. The molecule has 0 radical (unpaired) electrons. The molecule has 0 fully saturated rings. The first-order valence-corrected chi connectivity index (χ1v) is 8.16. The molecular weight excluding hydrogens is 218 g/mol. The van der Waals surface area contributed by atoms with Crippen LogP contribution in [0.25, 0.3) is 0 Å². The highest BCUT2D eigenvalue weighted by molar-refractivity contribution is 4.94. The average molecular weight is 251 g/mol. The largest absolute Gasteiger partial charge is 0.325 e. The third-order valence-electron chi connectivity index (χ3n) is 4.89. The molecular formula is C17H33N. The van der Waals surface area contributed by atoms with Gasteiger partial charge in [-0.05, 0) is 44.4 Å². The minimum atomic E-state index is 0.0639. The van der Waals surface area contributed by atoms with Crippen LogP contribution >= 0.6 is 0 Å². The van der Waals surface area contributed by atoms with Crippen LogP contribution in [0.4, 0.5) is 0 Å². The standard InChI is InChI=1S/C17H33N/c1-3-17(18,4-2)16-14-12-10-8-6-5-7-9-11-13-15-16/h10,12,16H,3-9,11,13-15,18H2,1-2H3/b12-10-. The molecule has 0 saturated carbocycles. The van der Waals surface area contributed by atoms with Crippen molar-refractivity contribution in [1.82, 2.24) is 0 Å². The third kappa shape index (κ3) is 5.14. The summed E-state index contributed by atoms with van der Waals surface area (Å²) in [5.74, 6) is 0.683. The molecule has 0 heterocycles. The van der Waals surface area contributed by atoms with Gasteiger partial charge in [-0.1, -0.05) is 58.1 Å². The van der Waals surface area contributed by atoms with E-state index in [1.54, 1.807) is 0 Å². The van der Waals surface area contributed by atoms with E-state index in [-0.39, 0.29) is 5.54 Å². The lowest BCUT2D eigenvalue weighted by atomic mass is 9.75. The van der Waals surface area contributed by atoms with Gasteiger partial charge in [-0.3, -0.25) is 0 Å². The first-order chi connectivity index (χ1) is 8.73. The van der Waals surface area contributed by atoms with Gasteiger partial charge in [0.15, 0.2) is 0 Å². The summed E-state index contributed by atoms with van der Waals surface area (Å²) in [5, 5.41) is 0. The maximum atomic E-state index is 6.62. The van der Waals surface area contributed by atoms with E-state index in [4.69, 9.17) is 5.73 Å². The first kappa shape index (κ1) is 15.8. The predicted molar refractivity (Wildman–Crippen MR) is 81.7 cm³/mol. The van der Waals surface area contributed by atoms with E-state index < -0.39 is 0 Å². The average Bonchev–Trinajstić information content (AvgIpc) is 2.38. The topological polar surface area (TPSA) is 26.0 Å². The molecule has 0 aromatic rings. The molecule has 0 aromatic carbocycles. The molecule has 0 aromatic heterocycles. The fourth-order valence-electron chi connectivity index (χ4n) is 3.21. The van der Waals surface area contributed by atoms with Gasteiger partial charge in [-0.25, -0.2) is 0 Å². The van der Waals surface area contributed by atoms with Crippen molar-refractivity contribution in [1.29, 1.82) is 0 Å². The van der Waals surface area contributed by atoms with Gasteiger partial charge in [0.25, 0.3) is 0 Å². The molecule has 1 heteroatoms. The molecule has 1 aliphatic rings. The van der Waals surface area contributed by atoms with Crippen molar-refractivity contribution in [2.75, 3.05) is 0 Å². The molecule has 0 spiro atoms. The van der Waals surface area contributed by atoms with Crippen molar-refractivity contribution in [3.8, 4) is 0 Å². The van der Waals surface area contributed by atoms with Gasteiger partial charge in [0.1, 0.15) is 0 Å². The molecule has 0 bridgehead atoms. The summed E-state index contributed by atoms with van der Waals surface area (Å²) in [7, 11) is 0. The molecule has 0 amide bonds. The molecule has 0 saturated heterocycles. The van der Waals surface area contributed by atoms with Crippen LogP contribution in [0.5, 0.6) is 0 Å². The zero-order valence-corrected chi connectivity index (χ0v) is 12.6. The normalized spacial score (nSPS) is 26.1. The number of hydrogen-bond donors (Lipinski definition) is 1. The quantitative estimate of drug-likeness (QED) is 0.685. The van der Waals surface area contributed by atoms with Crippen LogP contribution in [0.3, 0.4) is 0 Å². The molecule has 1 aliphatic carbocycles. The summed E-state index contributed by atoms with van der Waals surface area (Å²) in [5.41, 5.74) is 6.68. The number of rotatable bonds is 3. The molecule has 2 N–H and O–H groups in total. The Bertz CT molecular complexity index is 228. The van der Waals surface area contributed by atoms with E-state index in [1.165, 1.54) is 57.8 Å². The van der Waals surface area contributed by atoms with Gasteiger partial charge < -0.3 is 5.73 Å². The highest BCUT2D eigenvalue weighted by Crippen LogP contribution is 2.31. The van der Waals surface area contributed by atoms with Crippen molar-refractivity contribution in [3.63, 3.8) is 0 Å². The molecule has 1 atom stereocenters. The summed E-state index contributed by atoms with van der Waals surface area (Å²) in [6.07, 6.45) is 19.2. The van der Waals surface area contributed by atoms with E-state index in [9.17, 15) is 0 Å². The van der Waals surface area contributed by atoms with Crippen LogP contribution in [-0.2, 0) is 0 Å². The van der Waals surface area contributed by atoms with Crippen molar-refractivity contribution in [2.45, 2.75) is 90.0 Å². The van der Waals surface area contributed by atoms with Crippen LogP contribution in [-0.4, -0.2) is 5.54 Å². The second-order valence-corrected chi connectivity index (χ2v) is 6.04. The van der Waals surface area contributed by atoms with Gasteiger partial charge in [0.05, 0.1) is 0 Å². The smallest absolute Gasteiger partial charge is 0.0180 e. The van der Waals surface area contributed by atoms with Gasteiger partial charge >= 0.3 is 0 Å². The molecule has 1 nitrogen and oxygen atoms in total. The number of allylic oxidation sites excluding steroid dienone is 2. The second kappa shape index (κ2) is 8.74. The SMILES string of the molecule is CCC(N)(CC)C1C/C=C\CCCCCCCC1. The molecule has 1 unspecified atom stereocenters. The first-order valence-electron chi connectivity index (χ1n) is 8.16. The zero-order chi connectivity index (χ0) is 13.3. The van der Waals surface area contributed by atoms with E-state index in [0.29, 0.717) is 5.92 Å².